The molecule has 1 aliphatic heterocycles. The lowest BCUT2D eigenvalue weighted by Gasteiger charge is -2.15. The molecule has 1 saturated carbocycles. The Balaban J connectivity index is 1.52. The molecule has 2 unspecified atom stereocenters. The minimum atomic E-state index is -0.856. The van der Waals surface area contributed by atoms with Gasteiger partial charge in [-0.2, -0.15) is 5.10 Å². The van der Waals surface area contributed by atoms with Crippen LogP contribution in [0.4, 0.5) is 0 Å². The van der Waals surface area contributed by atoms with Crippen molar-refractivity contribution in [1.29, 1.82) is 0 Å². The summed E-state index contributed by atoms with van der Waals surface area (Å²) in [6.45, 7) is 0.639. The number of carboxylic acids is 1. The standard InChI is InChI=1S/C20H23N3O3/c24-19(18-10-11-23(21-18)15-8-4-5-9-15)22-12-16(17(13-22)20(25)26)14-6-2-1-3-7-14/h1-3,6-7,10-11,15-17H,4-5,8-9,12-13H2,(H,25,26). The van der Waals surface area contributed by atoms with Crippen LogP contribution in [0.2, 0.25) is 0 Å². The second-order valence-electron chi connectivity index (χ2n) is 7.29. The third-order valence-electron chi connectivity index (χ3n) is 5.68. The highest BCUT2D eigenvalue weighted by atomic mass is 16.4. The maximum atomic E-state index is 12.9. The van der Waals surface area contributed by atoms with Gasteiger partial charge < -0.3 is 10.0 Å². The minimum absolute atomic E-state index is 0.175. The van der Waals surface area contributed by atoms with E-state index in [4.69, 9.17) is 0 Å². The highest BCUT2D eigenvalue weighted by molar-refractivity contribution is 5.93. The average Bonchev–Trinajstić information content (AvgIpc) is 3.41. The molecule has 0 spiro atoms. The summed E-state index contributed by atoms with van der Waals surface area (Å²) in [5.74, 6) is -1.80. The van der Waals surface area contributed by atoms with Crippen molar-refractivity contribution in [3.8, 4) is 0 Å². The van der Waals surface area contributed by atoms with Gasteiger partial charge in [0.15, 0.2) is 0 Å². The predicted octanol–water partition coefficient (Wildman–Crippen LogP) is 2.94. The Morgan fingerprint density at radius 1 is 1.04 bits per heavy atom. The van der Waals surface area contributed by atoms with E-state index in [2.05, 4.69) is 5.10 Å². The van der Waals surface area contributed by atoms with Crippen LogP contribution in [0.5, 0.6) is 0 Å². The smallest absolute Gasteiger partial charge is 0.308 e. The molecule has 1 aromatic heterocycles. The van der Waals surface area contributed by atoms with Crippen molar-refractivity contribution in [2.75, 3.05) is 13.1 Å². The molecule has 4 rings (SSSR count). The molecule has 2 atom stereocenters. The summed E-state index contributed by atoms with van der Waals surface area (Å²) in [4.78, 5) is 26.2. The lowest BCUT2D eigenvalue weighted by molar-refractivity contribution is -0.141. The summed E-state index contributed by atoms with van der Waals surface area (Å²) in [5.41, 5.74) is 1.38. The fourth-order valence-corrected chi connectivity index (χ4v) is 4.24. The van der Waals surface area contributed by atoms with Crippen LogP contribution in [0.25, 0.3) is 0 Å². The zero-order valence-electron chi connectivity index (χ0n) is 14.6. The van der Waals surface area contributed by atoms with E-state index in [1.807, 2.05) is 41.2 Å². The van der Waals surface area contributed by atoms with E-state index in [1.54, 1.807) is 11.0 Å². The first-order valence-corrected chi connectivity index (χ1v) is 9.25. The van der Waals surface area contributed by atoms with Gasteiger partial charge in [-0.05, 0) is 24.5 Å². The predicted molar refractivity (Wildman–Crippen MR) is 95.9 cm³/mol. The summed E-state index contributed by atoms with van der Waals surface area (Å²) in [5, 5.41) is 14.1. The van der Waals surface area contributed by atoms with E-state index in [0.717, 1.165) is 18.4 Å². The summed E-state index contributed by atoms with van der Waals surface area (Å²) in [7, 11) is 0. The molecule has 2 heterocycles. The molecule has 1 aromatic carbocycles. The lowest BCUT2D eigenvalue weighted by Crippen LogP contribution is -2.30. The maximum absolute atomic E-state index is 12.9. The van der Waals surface area contributed by atoms with E-state index in [1.165, 1.54) is 12.8 Å². The number of carbonyl (C=O) groups excluding carboxylic acids is 1. The third-order valence-corrected chi connectivity index (χ3v) is 5.68. The van der Waals surface area contributed by atoms with Crippen LogP contribution < -0.4 is 0 Å². The fraction of sp³-hybridized carbons (Fsp3) is 0.450. The number of rotatable bonds is 4. The van der Waals surface area contributed by atoms with E-state index in [-0.39, 0.29) is 18.4 Å². The van der Waals surface area contributed by atoms with E-state index >= 15 is 0 Å². The van der Waals surface area contributed by atoms with Gasteiger partial charge in [0, 0.05) is 25.2 Å². The summed E-state index contributed by atoms with van der Waals surface area (Å²) in [6, 6.07) is 11.7. The second-order valence-corrected chi connectivity index (χ2v) is 7.29. The number of nitrogens with zero attached hydrogens (tertiary/aromatic N) is 3. The monoisotopic (exact) mass is 353 g/mol. The summed E-state index contributed by atoms with van der Waals surface area (Å²) in [6.07, 6.45) is 6.51. The number of aliphatic carboxylic acids is 1. The molecular formula is C20H23N3O3. The number of benzene rings is 1. The third kappa shape index (κ3) is 3.11. The molecule has 2 aromatic rings. The van der Waals surface area contributed by atoms with Gasteiger partial charge in [0.05, 0.1) is 12.0 Å². The van der Waals surface area contributed by atoms with Gasteiger partial charge in [0.2, 0.25) is 0 Å². The average molecular weight is 353 g/mol. The van der Waals surface area contributed by atoms with Crippen molar-refractivity contribution in [1.82, 2.24) is 14.7 Å². The highest BCUT2D eigenvalue weighted by Crippen LogP contribution is 2.34. The first-order chi connectivity index (χ1) is 12.6. The van der Waals surface area contributed by atoms with Crippen molar-refractivity contribution in [3.05, 3.63) is 53.9 Å². The van der Waals surface area contributed by atoms with Crippen LogP contribution in [0.3, 0.4) is 0 Å². The zero-order valence-corrected chi connectivity index (χ0v) is 14.6. The minimum Gasteiger partial charge on any atom is -0.481 e. The number of carboxylic acid groups (broad SMARTS) is 1. The fourth-order valence-electron chi connectivity index (χ4n) is 4.24. The van der Waals surface area contributed by atoms with Crippen LogP contribution >= 0.6 is 0 Å². The van der Waals surface area contributed by atoms with Crippen molar-refractivity contribution in [2.24, 2.45) is 5.92 Å². The van der Waals surface area contributed by atoms with Gasteiger partial charge in [-0.3, -0.25) is 14.3 Å². The first kappa shape index (κ1) is 16.8. The van der Waals surface area contributed by atoms with Crippen molar-refractivity contribution in [2.45, 2.75) is 37.6 Å². The van der Waals surface area contributed by atoms with Gasteiger partial charge in [0.25, 0.3) is 5.91 Å². The van der Waals surface area contributed by atoms with Crippen LogP contribution in [-0.2, 0) is 4.79 Å². The summed E-state index contributed by atoms with van der Waals surface area (Å²) < 4.78 is 1.90. The first-order valence-electron chi connectivity index (χ1n) is 9.25. The molecule has 136 valence electrons. The zero-order chi connectivity index (χ0) is 18.1. The molecule has 2 fully saturated rings. The molecule has 0 bridgehead atoms. The topological polar surface area (TPSA) is 75.4 Å². The second kappa shape index (κ2) is 6.94. The molecule has 1 saturated heterocycles. The number of carbonyl (C=O) groups is 2. The number of amides is 1. The van der Waals surface area contributed by atoms with E-state index in [0.29, 0.717) is 18.3 Å². The number of hydrogen-bond acceptors (Lipinski definition) is 3. The Hall–Kier alpha value is -2.63. The Kier molecular flexibility index (Phi) is 4.49. The molecular weight excluding hydrogens is 330 g/mol. The van der Waals surface area contributed by atoms with E-state index in [9.17, 15) is 14.7 Å². The van der Waals surface area contributed by atoms with Crippen molar-refractivity contribution < 1.29 is 14.7 Å². The van der Waals surface area contributed by atoms with Crippen LogP contribution in [0.1, 0.15) is 53.7 Å². The SMILES string of the molecule is O=C(O)C1CN(C(=O)c2ccn(C3CCCC3)n2)CC1c1ccccc1. The Bertz CT molecular complexity index is 796. The van der Waals surface area contributed by atoms with Gasteiger partial charge in [-0.25, -0.2) is 0 Å². The van der Waals surface area contributed by atoms with Crippen molar-refractivity contribution in [3.63, 3.8) is 0 Å². The quantitative estimate of drug-likeness (QED) is 0.917. The molecule has 0 radical (unpaired) electrons. The number of aromatic nitrogens is 2. The van der Waals surface area contributed by atoms with Crippen LogP contribution in [0.15, 0.2) is 42.6 Å². The molecule has 2 aliphatic rings. The van der Waals surface area contributed by atoms with Crippen LogP contribution in [0, 0.1) is 5.92 Å². The Morgan fingerprint density at radius 2 is 1.77 bits per heavy atom. The normalized spacial score (nSPS) is 23.5. The van der Waals surface area contributed by atoms with Gasteiger partial charge in [-0.1, -0.05) is 43.2 Å². The highest BCUT2D eigenvalue weighted by Gasteiger charge is 2.41. The van der Waals surface area contributed by atoms with Crippen molar-refractivity contribution >= 4 is 11.9 Å². The lowest BCUT2D eigenvalue weighted by atomic mass is 9.89. The summed E-state index contributed by atoms with van der Waals surface area (Å²) >= 11 is 0. The number of likely N-dealkylation sites (tertiary alicyclic amines) is 1. The molecule has 26 heavy (non-hydrogen) atoms. The largest absolute Gasteiger partial charge is 0.481 e. The van der Waals surface area contributed by atoms with Gasteiger partial charge in [-0.15, -0.1) is 0 Å². The number of hydrogen-bond donors (Lipinski definition) is 1. The Labute approximate surface area is 152 Å². The molecule has 1 N–H and O–H groups in total. The van der Waals surface area contributed by atoms with E-state index < -0.39 is 11.9 Å². The van der Waals surface area contributed by atoms with Gasteiger partial charge >= 0.3 is 5.97 Å². The van der Waals surface area contributed by atoms with Gasteiger partial charge in [0.1, 0.15) is 5.69 Å². The Morgan fingerprint density at radius 3 is 2.46 bits per heavy atom. The van der Waals surface area contributed by atoms with Crippen LogP contribution in [-0.4, -0.2) is 44.8 Å². The molecule has 1 aliphatic carbocycles. The molecule has 1 amide bonds. The molecule has 6 heteroatoms. The maximum Gasteiger partial charge on any atom is 0.308 e. The molecule has 6 nitrogen and oxygen atoms in total.